The lowest BCUT2D eigenvalue weighted by atomic mass is 9.90. The van der Waals surface area contributed by atoms with Gasteiger partial charge >= 0.3 is 18.0 Å². The number of urea groups is 1. The molecule has 0 unspecified atom stereocenters. The van der Waals surface area contributed by atoms with Crippen molar-refractivity contribution >= 4 is 86.9 Å². The van der Waals surface area contributed by atoms with Crippen molar-refractivity contribution in [3.8, 4) is 11.5 Å². The molecule has 3 saturated heterocycles. The van der Waals surface area contributed by atoms with E-state index in [0.29, 0.717) is 0 Å². The molecule has 1 aromatic heterocycles. The normalized spacial score (nSPS) is 21.7. The number of carbonyl (C=O) groups is 7. The molecule has 3 fully saturated rings. The fraction of sp³-hybridized carbons (Fsp3) is 0.414. The molecule has 3 aliphatic rings. The highest BCUT2D eigenvalue weighted by molar-refractivity contribution is 8.02. The van der Waals surface area contributed by atoms with Crippen molar-refractivity contribution in [1.82, 2.24) is 25.2 Å². The highest BCUT2D eigenvalue weighted by Crippen LogP contribution is 2.53. The van der Waals surface area contributed by atoms with Gasteiger partial charge in [-0.05, 0) is 26.0 Å². The molecule has 3 aliphatic heterocycles. The Morgan fingerprint density at radius 2 is 1.86 bits per heavy atom. The van der Waals surface area contributed by atoms with Crippen LogP contribution < -0.4 is 11.2 Å². The number of aromatic nitrogens is 1. The molecule has 7 N–H and O–H groups in total. The summed E-state index contributed by atoms with van der Waals surface area (Å²) in [6, 6.07) is 1.36. The van der Waals surface area contributed by atoms with E-state index in [1.807, 2.05) is 0 Å². The number of nitrogens with two attached hydrogens (primary N) is 1. The van der Waals surface area contributed by atoms with Crippen LogP contribution in [-0.4, -0.2) is 123 Å². The number of phenols is 2. The van der Waals surface area contributed by atoms with Gasteiger partial charge in [0.15, 0.2) is 33.9 Å². The van der Waals surface area contributed by atoms with Gasteiger partial charge in [0.25, 0.3) is 0 Å². The van der Waals surface area contributed by atoms with Crippen LogP contribution in [-0.2, 0) is 28.8 Å². The minimum atomic E-state index is -1.98. The molecule has 0 bridgehead atoms. The number of fused-ring (bicyclic) bond motifs is 1. The number of oxime groups is 1. The Hall–Kier alpha value is -5.15. The van der Waals surface area contributed by atoms with Gasteiger partial charge in [-0.2, -0.15) is 0 Å². The monoisotopic (exact) mass is 767 g/mol. The van der Waals surface area contributed by atoms with E-state index in [-0.39, 0.29) is 46.6 Å². The molecule has 22 heteroatoms. The molecule has 0 aliphatic carbocycles. The summed E-state index contributed by atoms with van der Waals surface area (Å²) in [6.07, 6.45) is -1.25. The third kappa shape index (κ3) is 6.95. The van der Waals surface area contributed by atoms with Crippen molar-refractivity contribution in [1.29, 1.82) is 0 Å². The van der Waals surface area contributed by atoms with Crippen molar-refractivity contribution in [3.05, 3.63) is 33.8 Å². The summed E-state index contributed by atoms with van der Waals surface area (Å²) >= 11 is 7.68. The Kier molecular flexibility index (Phi) is 10.1. The lowest BCUT2D eigenvalue weighted by Crippen LogP contribution is -2.60. The van der Waals surface area contributed by atoms with Crippen molar-refractivity contribution in [2.75, 3.05) is 25.4 Å². The Bertz CT molecular complexity index is 1890. The summed E-state index contributed by atoms with van der Waals surface area (Å²) in [5, 5.41) is 43.9. The minimum absolute atomic E-state index is 0.0103. The van der Waals surface area contributed by atoms with Crippen molar-refractivity contribution in [3.63, 3.8) is 0 Å². The Balaban J connectivity index is 1.24. The predicted octanol–water partition coefficient (Wildman–Crippen LogP) is 1.08. The second-order valence-corrected chi connectivity index (χ2v) is 14.7. The smallest absolute Gasteiger partial charge is 0.350 e. The summed E-state index contributed by atoms with van der Waals surface area (Å²) in [6.45, 7) is 1.72. The SMILES string of the molecule is CC(C)(O/N=C(\C(=O)C[C@@H]1C(=O)N2C[C@@](C(=O)O)(N3CCN(NC(=O)CCC(=O)c4ccc(O)c(O)c4Cl)C3=O)S[C@H]12)c1csc(N)n1)C(=O)O. The number of hydrogen-bond acceptors (Lipinski definition) is 15. The summed E-state index contributed by atoms with van der Waals surface area (Å²) in [4.78, 5) is 98.9. The first-order valence-corrected chi connectivity index (χ1v) is 17.1. The number of carbonyl (C=O) groups excluding carboxylic acids is 5. The van der Waals surface area contributed by atoms with Crippen molar-refractivity contribution in [2.24, 2.45) is 11.1 Å². The number of β-lactam (4-membered cyclic amide) rings is 1. The number of carboxylic acids is 2. The number of rotatable bonds is 14. The van der Waals surface area contributed by atoms with Crippen molar-refractivity contribution < 1.29 is 58.8 Å². The Morgan fingerprint density at radius 3 is 2.49 bits per heavy atom. The summed E-state index contributed by atoms with van der Waals surface area (Å²) in [7, 11) is 0. The standard InChI is InChI=1S/C29H30ClN7O12S2/c1-28(2,24(44)45)49-34-20(14-10-50-26(31)32-14)17(40)9-13-22(43)35-11-29(25(46)47,51-23(13)35)36-7-8-37(27(36)48)33-18(41)6-5-15(38)12-3-4-16(39)21(42)19(12)30/h3-4,10,13,23,39,42H,5-9,11H2,1-2H3,(H2,31,32)(H,33,41)(H,44,45)(H,46,47)/b34-20-/t13-,23-,29-/m1/s1. The van der Waals surface area contributed by atoms with Crippen LogP contribution in [0.15, 0.2) is 22.7 Å². The molecule has 0 saturated carbocycles. The van der Waals surface area contributed by atoms with Gasteiger partial charge in [-0.25, -0.2) is 24.4 Å². The van der Waals surface area contributed by atoms with Crippen LogP contribution >= 0.6 is 34.7 Å². The molecule has 4 amide bonds. The van der Waals surface area contributed by atoms with Gasteiger partial charge in [-0.15, -0.1) is 11.3 Å². The number of nitrogen functional groups attached to an aromatic ring is 1. The lowest BCUT2D eigenvalue weighted by molar-refractivity contribution is -0.161. The van der Waals surface area contributed by atoms with E-state index in [1.165, 1.54) is 30.2 Å². The van der Waals surface area contributed by atoms with E-state index < -0.39 is 94.0 Å². The average Bonchev–Trinajstić information content (AvgIpc) is 3.77. The number of thioether (sulfide) groups is 1. The number of aliphatic carboxylic acids is 2. The maximum absolute atomic E-state index is 13.5. The molecule has 51 heavy (non-hydrogen) atoms. The summed E-state index contributed by atoms with van der Waals surface area (Å²) in [5.74, 6) is -7.75. The van der Waals surface area contributed by atoms with E-state index in [1.54, 1.807) is 0 Å². The van der Waals surface area contributed by atoms with E-state index >= 15 is 0 Å². The van der Waals surface area contributed by atoms with Crippen LogP contribution in [0.2, 0.25) is 5.02 Å². The number of ketones is 2. The number of hydrogen-bond donors (Lipinski definition) is 6. The summed E-state index contributed by atoms with van der Waals surface area (Å²) in [5.41, 5.74) is 5.70. The molecule has 5 rings (SSSR count). The van der Waals surface area contributed by atoms with Crippen LogP contribution in [0.25, 0.3) is 0 Å². The number of benzene rings is 1. The van der Waals surface area contributed by atoms with Gasteiger partial charge < -0.3 is 35.9 Å². The highest BCUT2D eigenvalue weighted by Gasteiger charge is 2.66. The number of carboxylic acid groups (broad SMARTS) is 2. The third-order valence-electron chi connectivity index (χ3n) is 8.28. The molecule has 1 aromatic carbocycles. The summed E-state index contributed by atoms with van der Waals surface area (Å²) < 4.78 is 0. The zero-order valence-corrected chi connectivity index (χ0v) is 29.1. The van der Waals surface area contributed by atoms with E-state index in [4.69, 9.17) is 22.2 Å². The number of thiazole rings is 1. The van der Waals surface area contributed by atoms with E-state index in [9.17, 15) is 54.0 Å². The molecule has 4 heterocycles. The zero-order valence-electron chi connectivity index (χ0n) is 26.7. The minimum Gasteiger partial charge on any atom is -0.504 e. The third-order valence-corrected chi connectivity index (χ3v) is 11.1. The zero-order chi connectivity index (χ0) is 37.6. The average molecular weight is 768 g/mol. The second-order valence-electron chi connectivity index (χ2n) is 12.1. The number of Topliss-reactive ketones (excluding diaryl/α,β-unsaturated/α-hetero) is 2. The van der Waals surface area contributed by atoms with E-state index in [0.717, 1.165) is 39.1 Å². The van der Waals surface area contributed by atoms with Gasteiger partial charge in [0.2, 0.25) is 22.3 Å². The second kappa shape index (κ2) is 13.9. The predicted molar refractivity (Wildman–Crippen MR) is 178 cm³/mol. The maximum Gasteiger partial charge on any atom is 0.350 e. The van der Waals surface area contributed by atoms with Gasteiger partial charge in [-0.3, -0.25) is 29.5 Å². The maximum atomic E-state index is 13.5. The van der Waals surface area contributed by atoms with Crippen molar-refractivity contribution in [2.45, 2.75) is 49.0 Å². The van der Waals surface area contributed by atoms with Gasteiger partial charge in [0.1, 0.15) is 5.69 Å². The highest BCUT2D eigenvalue weighted by atomic mass is 35.5. The molecule has 2 aromatic rings. The fourth-order valence-electron chi connectivity index (χ4n) is 5.39. The van der Waals surface area contributed by atoms with Crippen LogP contribution in [0.5, 0.6) is 11.5 Å². The molecule has 19 nitrogen and oxygen atoms in total. The number of phenolic OH excluding ortho intramolecular Hbond substituents is 2. The van der Waals surface area contributed by atoms with Crippen LogP contribution in [0, 0.1) is 5.92 Å². The lowest BCUT2D eigenvalue weighted by Gasteiger charge is -2.40. The Morgan fingerprint density at radius 1 is 1.16 bits per heavy atom. The molecular formula is C29H30ClN7O12S2. The molecular weight excluding hydrogens is 738 g/mol. The van der Waals surface area contributed by atoms with Gasteiger partial charge in [-0.1, -0.05) is 28.5 Å². The number of hydrazine groups is 1. The first-order valence-electron chi connectivity index (χ1n) is 15.0. The first-order chi connectivity index (χ1) is 23.9. The number of aromatic hydroxyl groups is 2. The molecule has 0 radical (unpaired) electrons. The topological polar surface area (TPSA) is 283 Å². The number of nitrogens with zero attached hydrogens (tertiary/aromatic N) is 5. The van der Waals surface area contributed by atoms with Gasteiger partial charge in [0.05, 0.1) is 29.4 Å². The largest absolute Gasteiger partial charge is 0.504 e. The molecule has 0 spiro atoms. The first kappa shape index (κ1) is 37.1. The van der Waals surface area contributed by atoms with E-state index in [2.05, 4.69) is 15.6 Å². The quantitative estimate of drug-likeness (QED) is 0.0516. The van der Waals surface area contributed by atoms with Crippen LogP contribution in [0.4, 0.5) is 9.93 Å². The van der Waals surface area contributed by atoms with Crippen LogP contribution in [0.1, 0.15) is 49.2 Å². The fourth-order valence-corrected chi connectivity index (χ4v) is 7.90. The molecule has 272 valence electrons. The van der Waals surface area contributed by atoms with Gasteiger partial charge in [0, 0.05) is 36.8 Å². The Labute approximate surface area is 300 Å². The number of amides is 4. The number of halogens is 1. The number of anilines is 1. The van der Waals surface area contributed by atoms with Crippen LogP contribution in [0.3, 0.4) is 0 Å². The number of nitrogens with one attached hydrogen (secondary N) is 1. The molecule has 3 atom stereocenters.